The minimum Gasteiger partial charge on any atom is -0.450 e. The Kier molecular flexibility index (Phi) is 6.96. The molecule has 0 aliphatic carbocycles. The molecular formula is C26H35FN6O3. The topological polar surface area (TPSA) is 89.5 Å². The molecule has 1 amide bonds. The smallest absolute Gasteiger partial charge is 0.409 e. The largest absolute Gasteiger partial charge is 0.450 e. The number of carbonyl (C=O) groups excluding carboxylic acids is 1. The van der Waals surface area contributed by atoms with E-state index in [0.29, 0.717) is 30.0 Å². The zero-order valence-corrected chi connectivity index (χ0v) is 21.5. The standard InChI is InChI=1S/C26H35FN6O3/c1-5-35-26(34)32-14-11-21(17(4)15-32)31-12-9-18(10-13-31)24-28-25(30-36-24)33-23-19(7-6-8-20(23)27)22(29-33)16(2)3/h6-8,16-18,21H,5,9-15H2,1-4H3. The first kappa shape index (κ1) is 24.7. The van der Waals surface area contributed by atoms with E-state index in [1.165, 1.54) is 10.7 Å². The van der Waals surface area contributed by atoms with Crippen molar-refractivity contribution in [3.05, 3.63) is 35.6 Å². The van der Waals surface area contributed by atoms with Gasteiger partial charge in [-0.15, -0.1) is 0 Å². The van der Waals surface area contributed by atoms with Crippen LogP contribution in [0.1, 0.15) is 70.4 Å². The molecule has 10 heteroatoms. The van der Waals surface area contributed by atoms with Crippen LogP contribution in [0.25, 0.3) is 16.9 Å². The van der Waals surface area contributed by atoms with Crippen molar-refractivity contribution in [1.29, 1.82) is 0 Å². The lowest BCUT2D eigenvalue weighted by molar-refractivity contribution is 0.0369. The molecule has 2 aliphatic heterocycles. The summed E-state index contributed by atoms with van der Waals surface area (Å²) in [4.78, 5) is 21.1. The number of piperidine rings is 2. The Morgan fingerprint density at radius 3 is 2.69 bits per heavy atom. The highest BCUT2D eigenvalue weighted by molar-refractivity contribution is 5.84. The van der Waals surface area contributed by atoms with Crippen LogP contribution >= 0.6 is 0 Å². The summed E-state index contributed by atoms with van der Waals surface area (Å²) in [6, 6.07) is 5.46. The molecular weight excluding hydrogens is 463 g/mol. The number of halogens is 1. The zero-order valence-electron chi connectivity index (χ0n) is 21.5. The fourth-order valence-electron chi connectivity index (χ4n) is 5.73. The van der Waals surface area contributed by atoms with Crippen molar-refractivity contribution in [3.63, 3.8) is 0 Å². The number of hydrogen-bond acceptors (Lipinski definition) is 7. The predicted molar refractivity (Wildman–Crippen MR) is 133 cm³/mol. The summed E-state index contributed by atoms with van der Waals surface area (Å²) < 4.78 is 27.1. The third-order valence-electron chi connectivity index (χ3n) is 7.58. The summed E-state index contributed by atoms with van der Waals surface area (Å²) in [5.74, 6) is 1.18. The quantitative estimate of drug-likeness (QED) is 0.503. The Morgan fingerprint density at radius 2 is 2.00 bits per heavy atom. The van der Waals surface area contributed by atoms with Crippen molar-refractivity contribution >= 4 is 17.0 Å². The molecule has 194 valence electrons. The summed E-state index contributed by atoms with van der Waals surface area (Å²) in [6.45, 7) is 11.9. The number of nitrogens with zero attached hydrogens (tertiary/aromatic N) is 6. The highest BCUT2D eigenvalue weighted by Gasteiger charge is 2.36. The maximum Gasteiger partial charge on any atom is 0.409 e. The van der Waals surface area contributed by atoms with Crippen molar-refractivity contribution in [1.82, 2.24) is 29.7 Å². The molecule has 0 saturated carbocycles. The zero-order chi connectivity index (χ0) is 25.4. The van der Waals surface area contributed by atoms with Crippen LogP contribution in [0.3, 0.4) is 0 Å². The van der Waals surface area contributed by atoms with Gasteiger partial charge in [-0.25, -0.2) is 9.18 Å². The Hall–Kier alpha value is -3.01. The molecule has 2 saturated heterocycles. The highest BCUT2D eigenvalue weighted by atomic mass is 19.1. The highest BCUT2D eigenvalue weighted by Crippen LogP contribution is 2.33. The molecule has 3 aromatic rings. The van der Waals surface area contributed by atoms with Gasteiger partial charge in [0.05, 0.1) is 12.3 Å². The molecule has 36 heavy (non-hydrogen) atoms. The maximum absolute atomic E-state index is 14.7. The fourth-order valence-corrected chi connectivity index (χ4v) is 5.73. The lowest BCUT2D eigenvalue weighted by Crippen LogP contribution is -2.53. The van der Waals surface area contributed by atoms with E-state index in [9.17, 15) is 9.18 Å². The molecule has 0 N–H and O–H groups in total. The summed E-state index contributed by atoms with van der Waals surface area (Å²) in [6.07, 6.45) is 2.57. The number of fused-ring (bicyclic) bond motifs is 1. The minimum absolute atomic E-state index is 0.137. The number of benzene rings is 1. The average molecular weight is 499 g/mol. The van der Waals surface area contributed by atoms with Crippen LogP contribution in [0.5, 0.6) is 0 Å². The first-order valence-electron chi connectivity index (χ1n) is 13.0. The van der Waals surface area contributed by atoms with Crippen LogP contribution in [-0.4, -0.2) is 74.6 Å². The number of rotatable bonds is 5. The van der Waals surface area contributed by atoms with E-state index in [4.69, 9.17) is 9.26 Å². The van der Waals surface area contributed by atoms with E-state index in [1.807, 2.05) is 31.7 Å². The van der Waals surface area contributed by atoms with E-state index in [1.54, 1.807) is 6.07 Å². The van der Waals surface area contributed by atoms with Crippen molar-refractivity contribution in [2.45, 2.75) is 64.8 Å². The third kappa shape index (κ3) is 4.58. The number of carbonyl (C=O) groups is 1. The molecule has 4 heterocycles. The van der Waals surface area contributed by atoms with E-state index >= 15 is 0 Å². The van der Waals surface area contributed by atoms with E-state index in [-0.39, 0.29) is 29.7 Å². The second-order valence-electron chi connectivity index (χ2n) is 10.3. The minimum atomic E-state index is -0.352. The average Bonchev–Trinajstić information content (AvgIpc) is 3.50. The molecule has 2 aromatic heterocycles. The molecule has 0 radical (unpaired) electrons. The van der Waals surface area contributed by atoms with E-state index < -0.39 is 0 Å². The molecule has 1 aromatic carbocycles. The van der Waals surface area contributed by atoms with Gasteiger partial charge in [-0.1, -0.05) is 32.9 Å². The van der Waals surface area contributed by atoms with Gasteiger partial charge in [0.2, 0.25) is 5.89 Å². The van der Waals surface area contributed by atoms with Gasteiger partial charge in [0, 0.05) is 30.4 Å². The molecule has 2 unspecified atom stereocenters. The van der Waals surface area contributed by atoms with Crippen LogP contribution in [0.15, 0.2) is 22.7 Å². The molecule has 5 rings (SSSR count). The number of para-hydroxylation sites is 1. The number of hydrogen-bond donors (Lipinski definition) is 0. The Labute approximate surface area is 210 Å². The molecule has 2 fully saturated rings. The predicted octanol–water partition coefficient (Wildman–Crippen LogP) is 4.72. The number of ether oxygens (including phenoxy) is 1. The monoisotopic (exact) mass is 498 g/mol. The summed E-state index contributed by atoms with van der Waals surface area (Å²) in [5.41, 5.74) is 1.19. The SMILES string of the molecule is CCOC(=O)N1CCC(N2CCC(c3nc(-n4nc(C(C)C)c5cccc(F)c54)no3)CC2)C(C)C1. The van der Waals surface area contributed by atoms with Crippen molar-refractivity contribution in [2.24, 2.45) is 5.92 Å². The summed E-state index contributed by atoms with van der Waals surface area (Å²) in [7, 11) is 0. The van der Waals surface area contributed by atoms with Gasteiger partial charge >= 0.3 is 6.09 Å². The van der Waals surface area contributed by atoms with Gasteiger partial charge in [0.1, 0.15) is 11.3 Å². The van der Waals surface area contributed by atoms with Crippen LogP contribution in [0.2, 0.25) is 0 Å². The third-order valence-corrected chi connectivity index (χ3v) is 7.58. The number of aromatic nitrogens is 4. The number of likely N-dealkylation sites (tertiary alicyclic amines) is 2. The van der Waals surface area contributed by atoms with E-state index in [2.05, 4.69) is 27.1 Å². The number of amides is 1. The van der Waals surface area contributed by atoms with Gasteiger partial charge in [-0.2, -0.15) is 14.8 Å². The maximum atomic E-state index is 14.7. The van der Waals surface area contributed by atoms with Gasteiger partial charge < -0.3 is 14.2 Å². The molecule has 0 bridgehead atoms. The fraction of sp³-hybridized carbons (Fsp3) is 0.615. The van der Waals surface area contributed by atoms with Crippen LogP contribution in [-0.2, 0) is 4.74 Å². The Balaban J connectivity index is 1.25. The molecule has 2 atom stereocenters. The van der Waals surface area contributed by atoms with Gasteiger partial charge in [0.15, 0.2) is 0 Å². The summed E-state index contributed by atoms with van der Waals surface area (Å²) >= 11 is 0. The Morgan fingerprint density at radius 1 is 1.22 bits per heavy atom. The second kappa shape index (κ2) is 10.2. The van der Waals surface area contributed by atoms with E-state index in [0.717, 1.165) is 56.5 Å². The first-order valence-corrected chi connectivity index (χ1v) is 13.0. The van der Waals surface area contributed by atoms with Gasteiger partial charge in [-0.3, -0.25) is 4.90 Å². The lowest BCUT2D eigenvalue weighted by Gasteiger charge is -2.44. The van der Waals surface area contributed by atoms with Gasteiger partial charge in [0.25, 0.3) is 5.95 Å². The molecule has 0 spiro atoms. The first-order chi connectivity index (χ1) is 17.4. The lowest BCUT2D eigenvalue weighted by atomic mass is 9.88. The summed E-state index contributed by atoms with van der Waals surface area (Å²) in [5, 5.41) is 9.58. The van der Waals surface area contributed by atoms with Crippen molar-refractivity contribution in [3.8, 4) is 5.95 Å². The molecule has 9 nitrogen and oxygen atoms in total. The van der Waals surface area contributed by atoms with Crippen molar-refractivity contribution < 1.29 is 18.4 Å². The Bertz CT molecular complexity index is 1220. The molecule has 2 aliphatic rings. The van der Waals surface area contributed by atoms with Crippen molar-refractivity contribution in [2.75, 3.05) is 32.8 Å². The van der Waals surface area contributed by atoms with Crippen LogP contribution in [0, 0.1) is 11.7 Å². The van der Waals surface area contributed by atoms with Crippen LogP contribution < -0.4 is 0 Å². The van der Waals surface area contributed by atoms with Gasteiger partial charge in [-0.05, 0) is 62.3 Å². The second-order valence-corrected chi connectivity index (χ2v) is 10.3. The normalized spacial score (nSPS) is 22.0. The van der Waals surface area contributed by atoms with Crippen LogP contribution in [0.4, 0.5) is 9.18 Å².